The highest BCUT2D eigenvalue weighted by atomic mass is 17.2. The molecule has 0 heterocycles. The van der Waals surface area contributed by atoms with Crippen molar-refractivity contribution < 1.29 is 19.4 Å². The summed E-state index contributed by atoms with van der Waals surface area (Å²) in [4.78, 5) is 34.3. The van der Waals surface area contributed by atoms with Gasteiger partial charge in [-0.1, -0.05) is 72.8 Å². The molecule has 26 heavy (non-hydrogen) atoms. The van der Waals surface area contributed by atoms with Gasteiger partial charge in [-0.15, -0.1) is 0 Å². The summed E-state index contributed by atoms with van der Waals surface area (Å²) in [5, 5.41) is 3.28. The minimum atomic E-state index is -0.713. The first kappa shape index (κ1) is 15.8. The molecule has 0 aliphatic rings. The Morgan fingerprint density at radius 3 is 1.35 bits per heavy atom. The predicted octanol–water partition coefficient (Wildman–Crippen LogP) is 4.92. The molecule has 0 radical (unpaired) electrons. The molecule has 0 bridgehead atoms. The topological polar surface area (TPSA) is 52.6 Å². The Bertz CT molecular complexity index is 1030. The molecular formula is C22H14O4. The van der Waals surface area contributed by atoms with E-state index < -0.39 is 11.9 Å². The van der Waals surface area contributed by atoms with Crippen LogP contribution in [0.3, 0.4) is 0 Å². The normalized spacial score (nSPS) is 10.6. The van der Waals surface area contributed by atoms with Crippen LogP contribution in [0.1, 0.15) is 20.7 Å². The van der Waals surface area contributed by atoms with E-state index in [0.717, 1.165) is 21.5 Å². The van der Waals surface area contributed by atoms with Gasteiger partial charge in [-0.25, -0.2) is 19.4 Å². The van der Waals surface area contributed by atoms with Crippen LogP contribution in [0.4, 0.5) is 0 Å². The van der Waals surface area contributed by atoms with Gasteiger partial charge in [0.05, 0.1) is 11.1 Å². The molecule has 0 spiro atoms. The Labute approximate surface area is 149 Å². The van der Waals surface area contributed by atoms with Crippen LogP contribution in [0.15, 0.2) is 84.9 Å². The molecule has 0 fully saturated rings. The van der Waals surface area contributed by atoms with Gasteiger partial charge >= 0.3 is 11.9 Å². The summed E-state index contributed by atoms with van der Waals surface area (Å²) in [6.07, 6.45) is 0. The van der Waals surface area contributed by atoms with Crippen molar-refractivity contribution >= 4 is 33.5 Å². The van der Waals surface area contributed by atoms with Crippen molar-refractivity contribution in [2.75, 3.05) is 0 Å². The monoisotopic (exact) mass is 342 g/mol. The number of rotatable bonds is 2. The fourth-order valence-electron chi connectivity index (χ4n) is 2.97. The van der Waals surface area contributed by atoms with Crippen molar-refractivity contribution in [2.45, 2.75) is 0 Å². The second-order valence-corrected chi connectivity index (χ2v) is 5.79. The molecule has 0 atom stereocenters. The minimum Gasteiger partial charge on any atom is -0.241 e. The molecule has 0 saturated heterocycles. The number of hydrogen-bond donors (Lipinski definition) is 0. The summed E-state index contributed by atoms with van der Waals surface area (Å²) in [6, 6.07) is 25.4. The Morgan fingerprint density at radius 2 is 0.885 bits per heavy atom. The predicted molar refractivity (Wildman–Crippen MR) is 98.7 cm³/mol. The first-order chi connectivity index (χ1) is 12.7. The molecule has 4 aromatic carbocycles. The lowest BCUT2D eigenvalue weighted by atomic mass is 10.0. The van der Waals surface area contributed by atoms with E-state index >= 15 is 0 Å². The molecule has 0 N–H and O–H groups in total. The molecule has 0 unspecified atom stereocenters. The largest absolute Gasteiger partial charge is 0.386 e. The van der Waals surface area contributed by atoms with Crippen molar-refractivity contribution in [1.29, 1.82) is 0 Å². The van der Waals surface area contributed by atoms with Gasteiger partial charge in [0.25, 0.3) is 0 Å². The van der Waals surface area contributed by atoms with Crippen LogP contribution in [-0.4, -0.2) is 11.9 Å². The zero-order chi connectivity index (χ0) is 17.9. The van der Waals surface area contributed by atoms with Crippen LogP contribution in [-0.2, 0) is 9.78 Å². The summed E-state index contributed by atoms with van der Waals surface area (Å²) >= 11 is 0. The maximum absolute atomic E-state index is 12.4. The average molecular weight is 342 g/mol. The van der Waals surface area contributed by atoms with E-state index in [9.17, 15) is 9.59 Å². The van der Waals surface area contributed by atoms with Gasteiger partial charge < -0.3 is 0 Å². The van der Waals surface area contributed by atoms with E-state index in [1.807, 2.05) is 60.7 Å². The molecule has 0 aliphatic heterocycles. The summed E-state index contributed by atoms with van der Waals surface area (Å²) in [7, 11) is 0. The lowest BCUT2D eigenvalue weighted by Crippen LogP contribution is -2.12. The van der Waals surface area contributed by atoms with Crippen LogP contribution >= 0.6 is 0 Å². The highest BCUT2D eigenvalue weighted by Crippen LogP contribution is 2.21. The first-order valence-corrected chi connectivity index (χ1v) is 8.13. The molecule has 4 aromatic rings. The Kier molecular flexibility index (Phi) is 4.07. The van der Waals surface area contributed by atoms with Gasteiger partial charge in [0, 0.05) is 0 Å². The second kappa shape index (κ2) is 6.69. The van der Waals surface area contributed by atoms with Gasteiger partial charge in [-0.2, -0.15) is 0 Å². The number of carbonyl (C=O) groups excluding carboxylic acids is 2. The van der Waals surface area contributed by atoms with Crippen molar-refractivity contribution in [3.05, 3.63) is 96.1 Å². The van der Waals surface area contributed by atoms with E-state index in [2.05, 4.69) is 0 Å². The number of fused-ring (bicyclic) bond motifs is 2. The van der Waals surface area contributed by atoms with Crippen LogP contribution in [0.5, 0.6) is 0 Å². The van der Waals surface area contributed by atoms with E-state index in [0.29, 0.717) is 11.1 Å². The summed E-state index contributed by atoms with van der Waals surface area (Å²) in [5.74, 6) is -1.43. The Morgan fingerprint density at radius 1 is 0.500 bits per heavy atom. The lowest BCUT2D eigenvalue weighted by Gasteiger charge is -2.07. The quantitative estimate of drug-likeness (QED) is 0.383. The first-order valence-electron chi connectivity index (χ1n) is 8.13. The number of hydrogen-bond acceptors (Lipinski definition) is 4. The van der Waals surface area contributed by atoms with Crippen LogP contribution < -0.4 is 0 Å². The zero-order valence-corrected chi connectivity index (χ0v) is 13.7. The maximum Gasteiger partial charge on any atom is 0.386 e. The number of carbonyl (C=O) groups is 2. The van der Waals surface area contributed by atoms with Crippen LogP contribution in [0.2, 0.25) is 0 Å². The Hall–Kier alpha value is -3.66. The molecule has 4 heteroatoms. The third kappa shape index (κ3) is 2.89. The standard InChI is InChI=1S/C22H14O4/c23-21(19-13-5-9-15-7-1-3-11-17(15)19)25-26-22(24)20-14-6-10-16-8-2-4-12-18(16)20/h1-14H. The lowest BCUT2D eigenvalue weighted by molar-refractivity contribution is -0.187. The van der Waals surface area contributed by atoms with Crippen LogP contribution in [0.25, 0.3) is 21.5 Å². The smallest absolute Gasteiger partial charge is 0.241 e. The molecule has 0 saturated carbocycles. The van der Waals surface area contributed by atoms with Crippen molar-refractivity contribution in [1.82, 2.24) is 0 Å². The van der Waals surface area contributed by atoms with Crippen molar-refractivity contribution in [3.8, 4) is 0 Å². The molecule has 0 aliphatic carbocycles. The van der Waals surface area contributed by atoms with Gasteiger partial charge in [0.1, 0.15) is 0 Å². The van der Waals surface area contributed by atoms with Crippen LogP contribution in [0, 0.1) is 0 Å². The highest BCUT2D eigenvalue weighted by Gasteiger charge is 2.17. The third-order valence-electron chi connectivity index (χ3n) is 4.21. The summed E-state index contributed by atoms with van der Waals surface area (Å²) < 4.78 is 0. The van der Waals surface area contributed by atoms with Gasteiger partial charge in [0.15, 0.2) is 0 Å². The minimum absolute atomic E-state index is 0.341. The second-order valence-electron chi connectivity index (χ2n) is 5.79. The molecular weight excluding hydrogens is 328 g/mol. The fourth-order valence-corrected chi connectivity index (χ4v) is 2.97. The van der Waals surface area contributed by atoms with Gasteiger partial charge in [0.2, 0.25) is 0 Å². The molecule has 0 aromatic heterocycles. The SMILES string of the molecule is O=C(OOC(=O)c1cccc2ccccc12)c1cccc2ccccc12. The van der Waals surface area contributed by atoms with E-state index in [4.69, 9.17) is 9.78 Å². The summed E-state index contributed by atoms with van der Waals surface area (Å²) in [5.41, 5.74) is 0.683. The molecule has 4 rings (SSSR count). The van der Waals surface area contributed by atoms with E-state index in [1.54, 1.807) is 24.3 Å². The fraction of sp³-hybridized carbons (Fsp3) is 0. The average Bonchev–Trinajstić information content (AvgIpc) is 2.71. The van der Waals surface area contributed by atoms with Crippen molar-refractivity contribution in [2.24, 2.45) is 0 Å². The van der Waals surface area contributed by atoms with E-state index in [-0.39, 0.29) is 0 Å². The van der Waals surface area contributed by atoms with Gasteiger partial charge in [-0.05, 0) is 33.7 Å². The molecule has 4 nitrogen and oxygen atoms in total. The third-order valence-corrected chi connectivity index (χ3v) is 4.21. The Balaban J connectivity index is 1.56. The zero-order valence-electron chi connectivity index (χ0n) is 13.7. The van der Waals surface area contributed by atoms with Gasteiger partial charge in [-0.3, -0.25) is 0 Å². The molecule has 0 amide bonds. The number of benzene rings is 4. The molecule has 126 valence electrons. The maximum atomic E-state index is 12.4. The highest BCUT2D eigenvalue weighted by molar-refractivity contribution is 6.06. The van der Waals surface area contributed by atoms with Crippen molar-refractivity contribution in [3.63, 3.8) is 0 Å². The summed E-state index contributed by atoms with van der Waals surface area (Å²) in [6.45, 7) is 0. The van der Waals surface area contributed by atoms with E-state index in [1.165, 1.54) is 0 Å².